The molecule has 0 saturated heterocycles. The molecule has 5 heteroatoms. The summed E-state index contributed by atoms with van der Waals surface area (Å²) in [5, 5.41) is 0.842. The number of hydrogen-bond acceptors (Lipinski definition) is 3. The van der Waals surface area contributed by atoms with E-state index in [2.05, 4.69) is 12.6 Å². The van der Waals surface area contributed by atoms with E-state index in [-0.39, 0.29) is 0 Å². The lowest BCUT2D eigenvalue weighted by Gasteiger charge is -2.13. The van der Waals surface area contributed by atoms with Gasteiger partial charge in [0.15, 0.2) is 5.44 Å². The number of ether oxygens (including phenoxy) is 1. The molecular formula is C14H10Cl2O2S. The number of esters is 1. The Morgan fingerprint density at radius 3 is 2.37 bits per heavy atom. The van der Waals surface area contributed by atoms with E-state index in [4.69, 9.17) is 27.9 Å². The summed E-state index contributed by atoms with van der Waals surface area (Å²) < 4.78 is 5.24. The average molecular weight is 313 g/mol. The van der Waals surface area contributed by atoms with Crippen molar-refractivity contribution in [2.75, 3.05) is 0 Å². The lowest BCUT2D eigenvalue weighted by Crippen LogP contribution is -2.07. The Labute approximate surface area is 126 Å². The van der Waals surface area contributed by atoms with Crippen molar-refractivity contribution < 1.29 is 9.53 Å². The van der Waals surface area contributed by atoms with E-state index in [0.717, 1.165) is 0 Å². The smallest absolute Gasteiger partial charge is 0.339 e. The van der Waals surface area contributed by atoms with Crippen LogP contribution in [0.2, 0.25) is 10.0 Å². The van der Waals surface area contributed by atoms with Gasteiger partial charge in [-0.1, -0.05) is 47.5 Å². The lowest BCUT2D eigenvalue weighted by molar-refractivity contribution is 0.0460. The predicted octanol–water partition coefficient (Wildman–Crippen LogP) is 4.78. The fraction of sp³-hybridized carbons (Fsp3) is 0.0714. The first-order valence-corrected chi connectivity index (χ1v) is 6.74. The van der Waals surface area contributed by atoms with E-state index in [1.54, 1.807) is 42.5 Å². The fourth-order valence-electron chi connectivity index (χ4n) is 1.48. The minimum Gasteiger partial charge on any atom is -0.443 e. The van der Waals surface area contributed by atoms with Gasteiger partial charge in [-0.05, 0) is 24.3 Å². The molecule has 0 aliphatic heterocycles. The van der Waals surface area contributed by atoms with Crippen LogP contribution >= 0.6 is 35.8 Å². The molecule has 1 atom stereocenters. The maximum atomic E-state index is 11.9. The maximum absolute atomic E-state index is 11.9. The summed E-state index contributed by atoms with van der Waals surface area (Å²) in [4.78, 5) is 11.9. The van der Waals surface area contributed by atoms with Gasteiger partial charge in [0.25, 0.3) is 0 Å². The van der Waals surface area contributed by atoms with E-state index in [1.165, 1.54) is 0 Å². The molecule has 0 spiro atoms. The highest BCUT2D eigenvalue weighted by atomic mass is 35.5. The fourth-order valence-corrected chi connectivity index (χ4v) is 2.04. The second-order valence-electron chi connectivity index (χ2n) is 3.80. The largest absolute Gasteiger partial charge is 0.443 e. The van der Waals surface area contributed by atoms with Crippen LogP contribution in [0.1, 0.15) is 21.4 Å². The zero-order valence-corrected chi connectivity index (χ0v) is 12.1. The molecule has 0 N–H and O–H groups in total. The van der Waals surface area contributed by atoms with Crippen molar-refractivity contribution in [3.63, 3.8) is 0 Å². The molecule has 0 bridgehead atoms. The van der Waals surface area contributed by atoms with Crippen LogP contribution in [0, 0.1) is 0 Å². The molecule has 0 saturated carbocycles. The van der Waals surface area contributed by atoms with E-state index in [1.807, 2.05) is 6.07 Å². The van der Waals surface area contributed by atoms with Gasteiger partial charge in [-0.15, -0.1) is 12.6 Å². The highest BCUT2D eigenvalue weighted by Gasteiger charge is 2.15. The molecule has 0 fully saturated rings. The summed E-state index contributed by atoms with van der Waals surface area (Å²) in [7, 11) is 0. The second-order valence-corrected chi connectivity index (χ2v) is 5.08. The first kappa shape index (κ1) is 14.3. The van der Waals surface area contributed by atoms with Crippen LogP contribution in [-0.4, -0.2) is 5.97 Å². The first-order chi connectivity index (χ1) is 9.08. The predicted molar refractivity (Wildman–Crippen MR) is 80.0 cm³/mol. The lowest BCUT2D eigenvalue weighted by atomic mass is 10.2. The van der Waals surface area contributed by atoms with Gasteiger partial charge in [0.05, 0.1) is 15.6 Å². The quantitative estimate of drug-likeness (QED) is 0.501. The van der Waals surface area contributed by atoms with Crippen molar-refractivity contribution in [2.24, 2.45) is 0 Å². The van der Waals surface area contributed by atoms with Crippen molar-refractivity contribution in [3.8, 4) is 0 Å². The molecule has 2 aromatic rings. The minimum absolute atomic E-state index is 0.397. The van der Waals surface area contributed by atoms with Crippen molar-refractivity contribution in [2.45, 2.75) is 5.44 Å². The van der Waals surface area contributed by atoms with Crippen molar-refractivity contribution in [3.05, 3.63) is 69.7 Å². The molecular weight excluding hydrogens is 303 g/mol. The number of rotatable bonds is 3. The SMILES string of the molecule is O=C(OC(S)c1ccc(Cl)c(Cl)c1)c1ccccc1. The summed E-state index contributed by atoms with van der Waals surface area (Å²) in [6.45, 7) is 0. The van der Waals surface area contributed by atoms with Crippen LogP contribution in [0.15, 0.2) is 48.5 Å². The molecule has 19 heavy (non-hydrogen) atoms. The van der Waals surface area contributed by atoms with Gasteiger partial charge in [0.1, 0.15) is 0 Å². The monoisotopic (exact) mass is 312 g/mol. The van der Waals surface area contributed by atoms with Crippen molar-refractivity contribution in [1.29, 1.82) is 0 Å². The van der Waals surface area contributed by atoms with Gasteiger partial charge < -0.3 is 4.74 Å². The summed E-state index contributed by atoms with van der Waals surface area (Å²) in [6.07, 6.45) is 0. The molecule has 2 aromatic carbocycles. The Morgan fingerprint density at radius 1 is 1.05 bits per heavy atom. The molecule has 0 aliphatic rings. The van der Waals surface area contributed by atoms with Gasteiger partial charge in [-0.25, -0.2) is 4.79 Å². The summed E-state index contributed by atoms with van der Waals surface area (Å²) in [6, 6.07) is 13.7. The van der Waals surface area contributed by atoms with E-state index < -0.39 is 11.4 Å². The highest BCUT2D eigenvalue weighted by molar-refractivity contribution is 7.80. The van der Waals surface area contributed by atoms with E-state index >= 15 is 0 Å². The number of thiol groups is 1. The van der Waals surface area contributed by atoms with Gasteiger partial charge in [0.2, 0.25) is 0 Å². The van der Waals surface area contributed by atoms with Gasteiger partial charge in [0, 0.05) is 5.56 Å². The summed E-state index contributed by atoms with van der Waals surface area (Å²) >= 11 is 16.0. The summed E-state index contributed by atoms with van der Waals surface area (Å²) in [5.41, 5.74) is 0.450. The van der Waals surface area contributed by atoms with Crippen LogP contribution in [0.3, 0.4) is 0 Å². The number of hydrogen-bond donors (Lipinski definition) is 1. The Morgan fingerprint density at radius 2 is 1.74 bits per heavy atom. The normalized spacial score (nSPS) is 11.9. The van der Waals surface area contributed by atoms with Crippen molar-refractivity contribution in [1.82, 2.24) is 0 Å². The van der Waals surface area contributed by atoms with Crippen LogP contribution in [-0.2, 0) is 4.74 Å². The zero-order valence-electron chi connectivity index (χ0n) is 9.72. The molecule has 0 amide bonds. The number of benzene rings is 2. The van der Waals surface area contributed by atoms with Crippen LogP contribution in [0.25, 0.3) is 0 Å². The Hall–Kier alpha value is -1.16. The standard InChI is InChI=1S/C14H10Cl2O2S/c15-11-7-6-10(8-12(11)16)14(19)18-13(17)9-4-2-1-3-5-9/h1-8,14,19H. The van der Waals surface area contributed by atoms with E-state index in [0.29, 0.717) is 21.2 Å². The van der Waals surface area contributed by atoms with Crippen LogP contribution in [0.4, 0.5) is 0 Å². The zero-order chi connectivity index (χ0) is 13.8. The van der Waals surface area contributed by atoms with Gasteiger partial charge in [-0.2, -0.15) is 0 Å². The molecule has 2 nitrogen and oxygen atoms in total. The third-order valence-corrected chi connectivity index (χ3v) is 3.60. The van der Waals surface area contributed by atoms with E-state index in [9.17, 15) is 4.79 Å². The third-order valence-electron chi connectivity index (χ3n) is 2.46. The Balaban J connectivity index is 2.10. The van der Waals surface area contributed by atoms with Gasteiger partial charge in [-0.3, -0.25) is 0 Å². The second kappa shape index (κ2) is 6.33. The Bertz CT molecular complexity index is 587. The summed E-state index contributed by atoms with van der Waals surface area (Å²) in [5.74, 6) is -0.438. The first-order valence-electron chi connectivity index (χ1n) is 5.47. The molecule has 98 valence electrons. The minimum atomic E-state index is -0.692. The molecule has 0 aliphatic carbocycles. The molecule has 1 unspecified atom stereocenters. The molecule has 0 aromatic heterocycles. The average Bonchev–Trinajstić information content (AvgIpc) is 2.42. The van der Waals surface area contributed by atoms with Crippen LogP contribution < -0.4 is 0 Å². The molecule has 2 rings (SSSR count). The number of halogens is 2. The van der Waals surface area contributed by atoms with Crippen LogP contribution in [0.5, 0.6) is 0 Å². The van der Waals surface area contributed by atoms with Crippen molar-refractivity contribution >= 4 is 41.8 Å². The highest BCUT2D eigenvalue weighted by Crippen LogP contribution is 2.29. The molecule has 0 heterocycles. The maximum Gasteiger partial charge on any atom is 0.339 e. The van der Waals surface area contributed by atoms with Gasteiger partial charge >= 0.3 is 5.97 Å². The number of carbonyl (C=O) groups excluding carboxylic acids is 1. The topological polar surface area (TPSA) is 26.3 Å². The Kier molecular flexibility index (Phi) is 4.75. The molecule has 0 radical (unpaired) electrons. The third kappa shape index (κ3) is 3.66. The number of carbonyl (C=O) groups is 1.